The molecular weight excluding hydrogens is 358 g/mol. The zero-order valence-corrected chi connectivity index (χ0v) is 16.3. The summed E-state index contributed by atoms with van der Waals surface area (Å²) >= 11 is 6.43. The molecule has 0 radical (unpaired) electrons. The Bertz CT molecular complexity index is 980. The van der Waals surface area contributed by atoms with Crippen molar-refractivity contribution in [3.05, 3.63) is 59.2 Å². The molecule has 2 atom stereocenters. The Morgan fingerprint density at radius 3 is 2.56 bits per heavy atom. The first-order valence-electron chi connectivity index (χ1n) is 9.39. The summed E-state index contributed by atoms with van der Waals surface area (Å²) in [5, 5.41) is 1.33. The molecule has 4 rings (SSSR count). The van der Waals surface area contributed by atoms with Gasteiger partial charge in [0.1, 0.15) is 0 Å². The number of rotatable bonds is 2. The van der Waals surface area contributed by atoms with Crippen molar-refractivity contribution in [1.29, 1.82) is 0 Å². The zero-order valence-electron chi connectivity index (χ0n) is 15.5. The van der Waals surface area contributed by atoms with Crippen molar-refractivity contribution >= 4 is 28.4 Å². The van der Waals surface area contributed by atoms with Crippen molar-refractivity contribution in [2.24, 2.45) is 0 Å². The number of hydrogen-bond acceptors (Lipinski definition) is 3. The zero-order chi connectivity index (χ0) is 19.0. The molecule has 0 aliphatic carbocycles. The maximum absolute atomic E-state index is 13.6. The van der Waals surface area contributed by atoms with Crippen LogP contribution in [0.3, 0.4) is 0 Å². The second-order valence-corrected chi connectivity index (χ2v) is 7.65. The summed E-state index contributed by atoms with van der Waals surface area (Å²) in [7, 11) is 0. The molecule has 4 nitrogen and oxygen atoms in total. The Hall–Kier alpha value is -2.46. The second-order valence-electron chi connectivity index (χ2n) is 7.25. The minimum atomic E-state index is 0.0431. The Kier molecular flexibility index (Phi) is 4.83. The van der Waals surface area contributed by atoms with Crippen LogP contribution in [0.2, 0.25) is 5.02 Å². The molecule has 0 spiro atoms. The predicted molar refractivity (Wildman–Crippen MR) is 109 cm³/mol. The van der Waals surface area contributed by atoms with Gasteiger partial charge in [-0.05, 0) is 57.4 Å². The number of amides is 1. The maximum atomic E-state index is 13.6. The fraction of sp³-hybridized carbons (Fsp3) is 0.318. The maximum Gasteiger partial charge on any atom is 0.255 e. The molecule has 138 valence electrons. The van der Waals surface area contributed by atoms with Gasteiger partial charge in [-0.1, -0.05) is 29.8 Å². The van der Waals surface area contributed by atoms with Crippen LogP contribution in [0.25, 0.3) is 22.3 Å². The van der Waals surface area contributed by atoms with Gasteiger partial charge in [0.25, 0.3) is 5.91 Å². The standard InChI is InChI=1S/C22H22ClN3O/c1-14-7-5-8-15(2)26(14)22(27)17-13-20(19-11-3-4-12-24-19)25-21-16(17)9-6-10-18(21)23/h3-4,6,9-15H,5,7-8H2,1-2H3/t14-,15+. The van der Waals surface area contributed by atoms with Crippen LogP contribution in [0.15, 0.2) is 48.7 Å². The van der Waals surface area contributed by atoms with E-state index in [4.69, 9.17) is 16.6 Å². The third kappa shape index (κ3) is 3.30. The van der Waals surface area contributed by atoms with Crippen LogP contribution in [-0.4, -0.2) is 32.9 Å². The first-order chi connectivity index (χ1) is 13.1. The number of nitrogens with zero attached hydrogens (tertiary/aromatic N) is 3. The number of pyridine rings is 2. The Balaban J connectivity index is 1.91. The molecule has 2 aromatic heterocycles. The van der Waals surface area contributed by atoms with E-state index in [1.165, 1.54) is 0 Å². The van der Waals surface area contributed by atoms with Crippen LogP contribution in [0.5, 0.6) is 0 Å². The van der Waals surface area contributed by atoms with Crippen molar-refractivity contribution in [2.45, 2.75) is 45.2 Å². The molecule has 1 saturated heterocycles. The minimum absolute atomic E-state index is 0.0431. The van der Waals surface area contributed by atoms with E-state index in [2.05, 4.69) is 18.8 Å². The van der Waals surface area contributed by atoms with Crippen molar-refractivity contribution in [2.75, 3.05) is 0 Å². The smallest absolute Gasteiger partial charge is 0.255 e. The molecule has 1 aliphatic rings. The molecule has 27 heavy (non-hydrogen) atoms. The average molecular weight is 380 g/mol. The van der Waals surface area contributed by atoms with Gasteiger partial charge in [-0.15, -0.1) is 0 Å². The van der Waals surface area contributed by atoms with E-state index in [-0.39, 0.29) is 18.0 Å². The summed E-state index contributed by atoms with van der Waals surface area (Å²) in [4.78, 5) is 24.7. The molecule has 0 saturated carbocycles. The van der Waals surface area contributed by atoms with Crippen LogP contribution >= 0.6 is 11.6 Å². The Morgan fingerprint density at radius 1 is 1.07 bits per heavy atom. The van der Waals surface area contributed by atoms with Crippen LogP contribution in [0.4, 0.5) is 0 Å². The van der Waals surface area contributed by atoms with Crippen LogP contribution in [0, 0.1) is 0 Å². The lowest BCUT2D eigenvalue weighted by Crippen LogP contribution is -2.47. The van der Waals surface area contributed by atoms with Gasteiger partial charge in [0.15, 0.2) is 0 Å². The summed E-state index contributed by atoms with van der Waals surface area (Å²) in [5.41, 5.74) is 2.68. The van der Waals surface area contributed by atoms with Crippen LogP contribution in [0.1, 0.15) is 43.5 Å². The number of benzene rings is 1. The van der Waals surface area contributed by atoms with Crippen molar-refractivity contribution in [1.82, 2.24) is 14.9 Å². The average Bonchev–Trinajstić information content (AvgIpc) is 2.68. The number of carbonyl (C=O) groups is 1. The fourth-order valence-electron chi connectivity index (χ4n) is 4.00. The molecule has 1 amide bonds. The van der Waals surface area contributed by atoms with Gasteiger partial charge in [0.05, 0.1) is 27.5 Å². The molecule has 1 aliphatic heterocycles. The number of para-hydroxylation sites is 1. The molecule has 0 unspecified atom stereocenters. The predicted octanol–water partition coefficient (Wildman–Crippen LogP) is 5.35. The molecule has 1 aromatic carbocycles. The highest BCUT2D eigenvalue weighted by atomic mass is 35.5. The summed E-state index contributed by atoms with van der Waals surface area (Å²) in [6, 6.07) is 13.6. The lowest BCUT2D eigenvalue weighted by atomic mass is 9.95. The number of aromatic nitrogens is 2. The molecule has 0 N–H and O–H groups in total. The lowest BCUT2D eigenvalue weighted by Gasteiger charge is -2.39. The molecular formula is C22H22ClN3O. The monoisotopic (exact) mass is 379 g/mol. The van der Waals surface area contributed by atoms with E-state index in [1.54, 1.807) is 12.3 Å². The third-order valence-electron chi connectivity index (χ3n) is 5.38. The first-order valence-corrected chi connectivity index (χ1v) is 9.77. The largest absolute Gasteiger partial charge is 0.333 e. The normalized spacial score (nSPS) is 20.0. The number of likely N-dealkylation sites (tertiary alicyclic amines) is 1. The molecule has 5 heteroatoms. The summed E-state index contributed by atoms with van der Waals surface area (Å²) in [6.45, 7) is 4.26. The quantitative estimate of drug-likeness (QED) is 0.602. The second kappa shape index (κ2) is 7.28. The number of halogens is 1. The van der Waals surface area contributed by atoms with Gasteiger partial charge in [0, 0.05) is 23.7 Å². The highest BCUT2D eigenvalue weighted by Gasteiger charge is 2.31. The van der Waals surface area contributed by atoms with Crippen LogP contribution in [-0.2, 0) is 0 Å². The number of piperidine rings is 1. The van der Waals surface area contributed by atoms with E-state index >= 15 is 0 Å². The Labute approximate surface area is 164 Å². The number of hydrogen-bond donors (Lipinski definition) is 0. The summed E-state index contributed by atoms with van der Waals surface area (Å²) in [6.07, 6.45) is 4.96. The summed E-state index contributed by atoms with van der Waals surface area (Å²) in [5.74, 6) is 0.0431. The molecule has 3 heterocycles. The molecule has 0 bridgehead atoms. The lowest BCUT2D eigenvalue weighted by molar-refractivity contribution is 0.0513. The van der Waals surface area contributed by atoms with Gasteiger partial charge >= 0.3 is 0 Å². The number of fused-ring (bicyclic) bond motifs is 1. The van der Waals surface area contributed by atoms with E-state index < -0.39 is 0 Å². The first kappa shape index (κ1) is 17.9. The van der Waals surface area contributed by atoms with E-state index in [0.29, 0.717) is 21.8 Å². The van der Waals surface area contributed by atoms with E-state index in [1.807, 2.05) is 41.3 Å². The van der Waals surface area contributed by atoms with Gasteiger partial charge < -0.3 is 4.90 Å². The van der Waals surface area contributed by atoms with Crippen molar-refractivity contribution in [3.63, 3.8) is 0 Å². The van der Waals surface area contributed by atoms with Gasteiger partial charge in [-0.3, -0.25) is 9.78 Å². The minimum Gasteiger partial charge on any atom is -0.333 e. The molecule has 1 fully saturated rings. The van der Waals surface area contributed by atoms with E-state index in [0.717, 1.165) is 30.3 Å². The third-order valence-corrected chi connectivity index (χ3v) is 5.68. The van der Waals surface area contributed by atoms with Gasteiger partial charge in [-0.2, -0.15) is 0 Å². The SMILES string of the molecule is C[C@@H]1CCC[C@H](C)N1C(=O)c1cc(-c2ccccn2)nc2c(Cl)cccc12. The van der Waals surface area contributed by atoms with Crippen LogP contribution < -0.4 is 0 Å². The van der Waals surface area contributed by atoms with Gasteiger partial charge in [-0.25, -0.2) is 4.98 Å². The topological polar surface area (TPSA) is 46.1 Å². The van der Waals surface area contributed by atoms with Crippen molar-refractivity contribution < 1.29 is 4.79 Å². The highest BCUT2D eigenvalue weighted by Crippen LogP contribution is 2.31. The van der Waals surface area contributed by atoms with E-state index in [9.17, 15) is 4.79 Å². The molecule has 3 aromatic rings. The fourth-order valence-corrected chi connectivity index (χ4v) is 4.21. The van der Waals surface area contributed by atoms with Gasteiger partial charge in [0.2, 0.25) is 0 Å². The summed E-state index contributed by atoms with van der Waals surface area (Å²) < 4.78 is 0. The highest BCUT2D eigenvalue weighted by molar-refractivity contribution is 6.35. The van der Waals surface area contributed by atoms with Crippen molar-refractivity contribution in [3.8, 4) is 11.4 Å². The number of carbonyl (C=O) groups excluding carboxylic acids is 1. The Morgan fingerprint density at radius 2 is 1.85 bits per heavy atom.